The summed E-state index contributed by atoms with van der Waals surface area (Å²) in [6, 6.07) is 5.73. The number of benzene rings is 1. The second-order valence-electron chi connectivity index (χ2n) is 4.53. The standard InChI is InChI=1S/C15H20ClN3O2/c1-3-19-11-13(10-18-19)21-15-12(5-4-6-14(15)16)9-17-7-8-20-2/h4-6,10-11,17H,3,7-9H2,1-2H3. The van der Waals surface area contributed by atoms with Crippen LogP contribution in [0.5, 0.6) is 11.5 Å². The van der Waals surface area contributed by atoms with E-state index in [1.54, 1.807) is 13.3 Å². The van der Waals surface area contributed by atoms with Gasteiger partial charge in [0.2, 0.25) is 0 Å². The molecule has 21 heavy (non-hydrogen) atoms. The number of nitrogens with zero attached hydrogens (tertiary/aromatic N) is 2. The minimum Gasteiger partial charge on any atom is -0.452 e. The van der Waals surface area contributed by atoms with E-state index >= 15 is 0 Å². The monoisotopic (exact) mass is 309 g/mol. The Morgan fingerprint density at radius 3 is 2.95 bits per heavy atom. The van der Waals surface area contributed by atoms with Crippen molar-refractivity contribution in [1.82, 2.24) is 15.1 Å². The highest BCUT2D eigenvalue weighted by Crippen LogP contribution is 2.32. The van der Waals surface area contributed by atoms with Gasteiger partial charge in [0, 0.05) is 32.3 Å². The first-order valence-corrected chi connectivity index (χ1v) is 7.29. The number of methoxy groups -OCH3 is 1. The molecule has 0 unspecified atom stereocenters. The van der Waals surface area contributed by atoms with Crippen LogP contribution in [0.25, 0.3) is 0 Å². The highest BCUT2D eigenvalue weighted by atomic mass is 35.5. The molecule has 1 heterocycles. The van der Waals surface area contributed by atoms with Crippen LogP contribution in [0.4, 0.5) is 0 Å². The number of ether oxygens (including phenoxy) is 2. The molecular formula is C15H20ClN3O2. The summed E-state index contributed by atoms with van der Waals surface area (Å²) in [6.45, 7) is 4.94. The zero-order valence-electron chi connectivity index (χ0n) is 12.3. The van der Waals surface area contributed by atoms with Gasteiger partial charge in [0.15, 0.2) is 11.5 Å². The van der Waals surface area contributed by atoms with Crippen LogP contribution in [0, 0.1) is 0 Å². The Balaban J connectivity index is 2.09. The third-order valence-corrected chi connectivity index (χ3v) is 3.30. The number of hydrogen-bond donors (Lipinski definition) is 1. The van der Waals surface area contributed by atoms with E-state index in [-0.39, 0.29) is 0 Å². The normalized spacial score (nSPS) is 10.8. The van der Waals surface area contributed by atoms with Crippen LogP contribution in [0.15, 0.2) is 30.6 Å². The molecule has 1 aromatic carbocycles. The number of aryl methyl sites for hydroxylation is 1. The first-order valence-electron chi connectivity index (χ1n) is 6.92. The van der Waals surface area contributed by atoms with Gasteiger partial charge >= 0.3 is 0 Å². The first kappa shape index (κ1) is 15.8. The first-order chi connectivity index (χ1) is 10.2. The van der Waals surface area contributed by atoms with Crippen LogP contribution >= 0.6 is 11.6 Å². The summed E-state index contributed by atoms with van der Waals surface area (Å²) in [5.41, 5.74) is 1.00. The summed E-state index contributed by atoms with van der Waals surface area (Å²) in [4.78, 5) is 0. The maximum absolute atomic E-state index is 6.26. The Bertz CT molecular complexity index is 572. The Kier molecular flexibility index (Phi) is 6.04. The molecule has 2 aromatic rings. The average Bonchev–Trinajstić information content (AvgIpc) is 2.94. The maximum atomic E-state index is 6.26. The van der Waals surface area contributed by atoms with Gasteiger partial charge in [0.05, 0.1) is 24.0 Å². The van der Waals surface area contributed by atoms with Gasteiger partial charge in [-0.15, -0.1) is 0 Å². The summed E-state index contributed by atoms with van der Waals surface area (Å²) >= 11 is 6.26. The number of aromatic nitrogens is 2. The summed E-state index contributed by atoms with van der Waals surface area (Å²) in [5, 5.41) is 8.07. The van der Waals surface area contributed by atoms with Gasteiger partial charge in [-0.25, -0.2) is 0 Å². The van der Waals surface area contributed by atoms with Gasteiger partial charge in [-0.3, -0.25) is 4.68 Å². The van der Waals surface area contributed by atoms with E-state index in [1.807, 2.05) is 36.0 Å². The molecule has 0 fully saturated rings. The molecule has 0 radical (unpaired) electrons. The van der Waals surface area contributed by atoms with Crippen molar-refractivity contribution in [2.75, 3.05) is 20.3 Å². The Labute approximate surface area is 129 Å². The maximum Gasteiger partial charge on any atom is 0.165 e. The molecule has 0 amide bonds. The van der Waals surface area contributed by atoms with Crippen molar-refractivity contribution >= 4 is 11.6 Å². The molecule has 1 aromatic heterocycles. The van der Waals surface area contributed by atoms with Gasteiger partial charge in [0.25, 0.3) is 0 Å². The van der Waals surface area contributed by atoms with E-state index in [1.165, 1.54) is 0 Å². The quantitative estimate of drug-likeness (QED) is 0.761. The molecule has 0 bridgehead atoms. The molecule has 0 saturated heterocycles. The van der Waals surface area contributed by atoms with Crippen LogP contribution in [-0.4, -0.2) is 30.0 Å². The minimum absolute atomic E-state index is 0.588. The molecule has 0 aliphatic carbocycles. The lowest BCUT2D eigenvalue weighted by molar-refractivity contribution is 0.199. The van der Waals surface area contributed by atoms with E-state index < -0.39 is 0 Å². The summed E-state index contributed by atoms with van der Waals surface area (Å²) < 4.78 is 12.7. The lowest BCUT2D eigenvalue weighted by Crippen LogP contribution is -2.18. The van der Waals surface area contributed by atoms with Crippen LogP contribution in [0.2, 0.25) is 5.02 Å². The van der Waals surface area contributed by atoms with Crippen molar-refractivity contribution in [1.29, 1.82) is 0 Å². The second kappa shape index (κ2) is 8.02. The largest absolute Gasteiger partial charge is 0.452 e. The Morgan fingerprint density at radius 1 is 1.38 bits per heavy atom. The van der Waals surface area contributed by atoms with Crippen molar-refractivity contribution in [2.24, 2.45) is 0 Å². The Morgan fingerprint density at radius 2 is 2.24 bits per heavy atom. The molecule has 0 aliphatic rings. The van der Waals surface area contributed by atoms with Crippen LogP contribution < -0.4 is 10.1 Å². The number of halogens is 1. The molecule has 2 rings (SSSR count). The highest BCUT2D eigenvalue weighted by molar-refractivity contribution is 6.32. The third-order valence-electron chi connectivity index (χ3n) is 3.00. The third kappa shape index (κ3) is 4.46. The zero-order valence-corrected chi connectivity index (χ0v) is 13.1. The van der Waals surface area contributed by atoms with Gasteiger partial charge in [-0.2, -0.15) is 5.10 Å². The number of rotatable bonds is 8. The van der Waals surface area contributed by atoms with E-state index in [0.29, 0.717) is 29.7 Å². The van der Waals surface area contributed by atoms with E-state index in [4.69, 9.17) is 21.1 Å². The smallest absolute Gasteiger partial charge is 0.165 e. The van der Waals surface area contributed by atoms with Gasteiger partial charge in [0.1, 0.15) is 0 Å². The number of nitrogens with one attached hydrogen (secondary N) is 1. The van der Waals surface area contributed by atoms with E-state index in [0.717, 1.165) is 18.7 Å². The lowest BCUT2D eigenvalue weighted by atomic mass is 10.2. The molecule has 0 saturated carbocycles. The summed E-state index contributed by atoms with van der Waals surface area (Å²) in [6.07, 6.45) is 3.54. The Hall–Kier alpha value is -1.56. The lowest BCUT2D eigenvalue weighted by Gasteiger charge is -2.12. The number of para-hydroxylation sites is 1. The SMILES string of the molecule is CCn1cc(Oc2c(Cl)cccc2CNCCOC)cn1. The number of hydrogen-bond acceptors (Lipinski definition) is 4. The predicted molar refractivity (Wildman–Crippen MR) is 83.0 cm³/mol. The topological polar surface area (TPSA) is 48.3 Å². The summed E-state index contributed by atoms with van der Waals surface area (Å²) in [7, 11) is 1.68. The van der Waals surface area contributed by atoms with Gasteiger partial charge < -0.3 is 14.8 Å². The van der Waals surface area contributed by atoms with Gasteiger partial charge in [-0.1, -0.05) is 23.7 Å². The molecule has 1 N–H and O–H groups in total. The van der Waals surface area contributed by atoms with Crippen LogP contribution in [0.1, 0.15) is 12.5 Å². The fourth-order valence-electron chi connectivity index (χ4n) is 1.89. The molecule has 6 heteroatoms. The fraction of sp³-hybridized carbons (Fsp3) is 0.400. The van der Waals surface area contributed by atoms with Crippen molar-refractivity contribution in [3.05, 3.63) is 41.2 Å². The summed E-state index contributed by atoms with van der Waals surface area (Å²) in [5.74, 6) is 1.35. The molecule has 5 nitrogen and oxygen atoms in total. The molecule has 0 aliphatic heterocycles. The van der Waals surface area contributed by atoms with Crippen molar-refractivity contribution in [3.8, 4) is 11.5 Å². The van der Waals surface area contributed by atoms with Gasteiger partial charge in [-0.05, 0) is 13.0 Å². The van der Waals surface area contributed by atoms with E-state index in [9.17, 15) is 0 Å². The van der Waals surface area contributed by atoms with Crippen LogP contribution in [-0.2, 0) is 17.8 Å². The predicted octanol–water partition coefficient (Wildman–Crippen LogP) is 3.08. The second-order valence-corrected chi connectivity index (χ2v) is 4.94. The minimum atomic E-state index is 0.588. The molecule has 0 spiro atoms. The zero-order chi connectivity index (χ0) is 15.1. The molecule has 0 atom stereocenters. The molecular weight excluding hydrogens is 290 g/mol. The molecule has 114 valence electrons. The van der Waals surface area contributed by atoms with Crippen LogP contribution in [0.3, 0.4) is 0 Å². The van der Waals surface area contributed by atoms with Crippen molar-refractivity contribution < 1.29 is 9.47 Å². The van der Waals surface area contributed by atoms with E-state index in [2.05, 4.69) is 10.4 Å². The fourth-order valence-corrected chi connectivity index (χ4v) is 2.13. The van der Waals surface area contributed by atoms with Crippen molar-refractivity contribution in [2.45, 2.75) is 20.0 Å². The van der Waals surface area contributed by atoms with Crippen molar-refractivity contribution in [3.63, 3.8) is 0 Å². The average molecular weight is 310 g/mol. The highest BCUT2D eigenvalue weighted by Gasteiger charge is 2.10.